The molecule has 1 aromatic rings. The van der Waals surface area contributed by atoms with Crippen molar-refractivity contribution in [3.05, 3.63) is 28.2 Å². The number of halogens is 2. The first kappa shape index (κ1) is 10.6. The van der Waals surface area contributed by atoms with Crippen LogP contribution in [0.25, 0.3) is 0 Å². The summed E-state index contributed by atoms with van der Waals surface area (Å²) in [4.78, 5) is 1.08. The molecular formula is C9H10Br2S. The molecule has 0 nitrogen and oxygen atoms in total. The van der Waals surface area contributed by atoms with E-state index < -0.39 is 0 Å². The summed E-state index contributed by atoms with van der Waals surface area (Å²) >= 11 is 11.2. The van der Waals surface area contributed by atoms with Gasteiger partial charge in [-0.2, -0.15) is 0 Å². The molecule has 12 heavy (non-hydrogen) atoms. The molecule has 3 heteroatoms. The number of benzene rings is 1. The summed E-state index contributed by atoms with van der Waals surface area (Å²) in [6.07, 6.45) is 2.24. The highest BCUT2D eigenvalue weighted by atomic mass is 79.9. The molecule has 0 unspecified atom stereocenters. The Labute approximate surface area is 95.4 Å². The van der Waals surface area contributed by atoms with Crippen LogP contribution in [0.15, 0.2) is 27.6 Å². The molecule has 0 radical (unpaired) electrons. The van der Waals surface area contributed by atoms with Gasteiger partial charge >= 0.3 is 0 Å². The summed E-state index contributed by atoms with van der Waals surface area (Å²) in [5.74, 6) is 0. The smallest absolute Gasteiger partial charge is 0.0178 e. The topological polar surface area (TPSA) is 0 Å². The van der Waals surface area contributed by atoms with Gasteiger partial charge in [-0.15, -0.1) is 12.6 Å². The number of hydrogen-bond acceptors (Lipinski definition) is 1. The number of rotatable bonds is 3. The standard InChI is InChI=1S/C9H10Br2S/c10-5-1-2-7-6-8(11)3-4-9(7)12/h3-4,6,12H,1-2,5H2. The van der Waals surface area contributed by atoms with Crippen molar-refractivity contribution in [2.45, 2.75) is 17.7 Å². The fraction of sp³-hybridized carbons (Fsp3) is 0.333. The van der Waals surface area contributed by atoms with Crippen LogP contribution in [-0.4, -0.2) is 5.33 Å². The fourth-order valence-electron chi connectivity index (χ4n) is 1.01. The highest BCUT2D eigenvalue weighted by molar-refractivity contribution is 9.10. The molecule has 0 spiro atoms. The molecule has 0 amide bonds. The predicted octanol–water partition coefficient (Wildman–Crippen LogP) is 4.07. The Bertz CT molecular complexity index is 261. The van der Waals surface area contributed by atoms with Gasteiger partial charge in [-0.05, 0) is 36.6 Å². The van der Waals surface area contributed by atoms with Crippen LogP contribution in [0, 0.1) is 0 Å². The predicted molar refractivity (Wildman–Crippen MR) is 63.5 cm³/mol. The van der Waals surface area contributed by atoms with Crippen molar-refractivity contribution >= 4 is 44.5 Å². The second-order valence-corrected chi connectivity index (χ2v) is 4.76. The van der Waals surface area contributed by atoms with Crippen molar-refractivity contribution in [3.8, 4) is 0 Å². The summed E-state index contributed by atoms with van der Waals surface area (Å²) in [5, 5.41) is 1.05. The van der Waals surface area contributed by atoms with Gasteiger partial charge in [0.2, 0.25) is 0 Å². The molecule has 0 bridgehead atoms. The summed E-state index contributed by atoms with van der Waals surface area (Å²) in [5.41, 5.74) is 1.31. The minimum atomic E-state index is 1.05. The molecular weight excluding hydrogens is 300 g/mol. The Morgan fingerprint density at radius 3 is 2.75 bits per heavy atom. The summed E-state index contributed by atoms with van der Waals surface area (Å²) in [7, 11) is 0. The largest absolute Gasteiger partial charge is 0.143 e. The molecule has 0 aliphatic rings. The second kappa shape index (κ2) is 5.30. The molecule has 66 valence electrons. The highest BCUT2D eigenvalue weighted by Crippen LogP contribution is 2.20. The fourth-order valence-corrected chi connectivity index (χ4v) is 1.95. The van der Waals surface area contributed by atoms with Crippen LogP contribution < -0.4 is 0 Å². The van der Waals surface area contributed by atoms with Crippen LogP contribution in [-0.2, 0) is 6.42 Å². The molecule has 0 aliphatic carbocycles. The van der Waals surface area contributed by atoms with Gasteiger partial charge in [-0.25, -0.2) is 0 Å². The van der Waals surface area contributed by atoms with Crippen LogP contribution in [0.3, 0.4) is 0 Å². The highest BCUT2D eigenvalue weighted by Gasteiger charge is 1.98. The molecule has 0 fully saturated rings. The third-order valence-corrected chi connectivity index (χ3v) is 3.11. The van der Waals surface area contributed by atoms with Gasteiger partial charge in [0.15, 0.2) is 0 Å². The summed E-state index contributed by atoms with van der Waals surface area (Å²) in [6, 6.07) is 6.17. The van der Waals surface area contributed by atoms with Crippen molar-refractivity contribution in [1.29, 1.82) is 0 Å². The van der Waals surface area contributed by atoms with Crippen molar-refractivity contribution in [3.63, 3.8) is 0 Å². The van der Waals surface area contributed by atoms with E-state index in [0.29, 0.717) is 0 Å². The van der Waals surface area contributed by atoms with Gasteiger partial charge in [0.05, 0.1) is 0 Å². The lowest BCUT2D eigenvalue weighted by Crippen LogP contribution is -1.87. The molecule has 0 saturated heterocycles. The normalized spacial score (nSPS) is 10.2. The van der Waals surface area contributed by atoms with E-state index in [1.54, 1.807) is 0 Å². The quantitative estimate of drug-likeness (QED) is 0.631. The minimum absolute atomic E-state index is 1.05. The van der Waals surface area contributed by atoms with Crippen LogP contribution >= 0.6 is 44.5 Å². The monoisotopic (exact) mass is 308 g/mol. The Morgan fingerprint density at radius 2 is 2.08 bits per heavy atom. The number of aryl methyl sites for hydroxylation is 1. The van der Waals surface area contributed by atoms with Crippen molar-refractivity contribution in [2.75, 3.05) is 5.33 Å². The molecule has 0 aliphatic heterocycles. The molecule has 1 rings (SSSR count). The number of thiol groups is 1. The first-order valence-electron chi connectivity index (χ1n) is 3.77. The van der Waals surface area contributed by atoms with Gasteiger partial charge in [0.25, 0.3) is 0 Å². The van der Waals surface area contributed by atoms with E-state index in [0.717, 1.165) is 27.5 Å². The maximum atomic E-state index is 4.38. The van der Waals surface area contributed by atoms with Crippen LogP contribution in [0.4, 0.5) is 0 Å². The van der Waals surface area contributed by atoms with Crippen LogP contribution in [0.2, 0.25) is 0 Å². The molecule has 0 N–H and O–H groups in total. The number of alkyl halides is 1. The Balaban J connectivity index is 2.75. The first-order chi connectivity index (χ1) is 5.74. The van der Waals surface area contributed by atoms with E-state index in [4.69, 9.17) is 0 Å². The molecule has 1 aromatic carbocycles. The van der Waals surface area contributed by atoms with E-state index in [-0.39, 0.29) is 0 Å². The Kier molecular flexibility index (Phi) is 4.69. The average molecular weight is 310 g/mol. The van der Waals surface area contributed by atoms with Gasteiger partial charge in [0, 0.05) is 14.7 Å². The summed E-state index contributed by atoms with van der Waals surface area (Å²) in [6.45, 7) is 0. The lowest BCUT2D eigenvalue weighted by Gasteiger charge is -2.03. The zero-order valence-corrected chi connectivity index (χ0v) is 10.6. The third-order valence-electron chi connectivity index (χ3n) is 1.62. The zero-order valence-electron chi connectivity index (χ0n) is 6.56. The zero-order chi connectivity index (χ0) is 8.97. The van der Waals surface area contributed by atoms with Crippen molar-refractivity contribution in [2.24, 2.45) is 0 Å². The van der Waals surface area contributed by atoms with Crippen molar-refractivity contribution in [1.82, 2.24) is 0 Å². The number of hydrogen-bond donors (Lipinski definition) is 1. The maximum Gasteiger partial charge on any atom is 0.0178 e. The molecule has 0 atom stereocenters. The SMILES string of the molecule is Sc1ccc(Br)cc1CCCBr. The molecule has 0 aromatic heterocycles. The first-order valence-corrected chi connectivity index (χ1v) is 6.13. The van der Waals surface area contributed by atoms with E-state index in [1.807, 2.05) is 12.1 Å². The molecule has 0 heterocycles. The van der Waals surface area contributed by atoms with Crippen LogP contribution in [0.1, 0.15) is 12.0 Å². The van der Waals surface area contributed by atoms with Gasteiger partial charge in [-0.1, -0.05) is 31.9 Å². The van der Waals surface area contributed by atoms with Gasteiger partial charge < -0.3 is 0 Å². The van der Waals surface area contributed by atoms with E-state index >= 15 is 0 Å². The van der Waals surface area contributed by atoms with Gasteiger partial charge in [-0.3, -0.25) is 0 Å². The lowest BCUT2D eigenvalue weighted by molar-refractivity contribution is 0.916. The van der Waals surface area contributed by atoms with E-state index in [1.165, 1.54) is 5.56 Å². The van der Waals surface area contributed by atoms with Crippen LogP contribution in [0.5, 0.6) is 0 Å². The average Bonchev–Trinajstić information content (AvgIpc) is 2.07. The van der Waals surface area contributed by atoms with Gasteiger partial charge in [0.1, 0.15) is 0 Å². The second-order valence-electron chi connectivity index (χ2n) is 2.57. The lowest BCUT2D eigenvalue weighted by atomic mass is 10.1. The van der Waals surface area contributed by atoms with Crippen molar-refractivity contribution < 1.29 is 0 Å². The third kappa shape index (κ3) is 3.11. The van der Waals surface area contributed by atoms with E-state index in [2.05, 4.69) is 50.6 Å². The van der Waals surface area contributed by atoms with E-state index in [9.17, 15) is 0 Å². The Morgan fingerprint density at radius 1 is 1.33 bits per heavy atom. The molecule has 0 saturated carbocycles. The minimum Gasteiger partial charge on any atom is -0.143 e. The Hall–Kier alpha value is 0.530. The summed E-state index contributed by atoms with van der Waals surface area (Å²) < 4.78 is 1.13. The maximum absolute atomic E-state index is 4.38.